The standard InChI is InChI=1S/C23H23N5O/c1-23(2,3)16-7-10-17(11-8-16)28(22-19(21(24)29)5-4-12-25-22)18-9-6-15-14-26-27-20(15)13-18/h4-14H,1-3H3,(H2,24,29)(H,26,27). The van der Waals surface area contributed by atoms with E-state index in [0.29, 0.717) is 11.4 Å². The Morgan fingerprint density at radius 1 is 1.03 bits per heavy atom. The lowest BCUT2D eigenvalue weighted by molar-refractivity contribution is 0.100. The molecule has 0 aliphatic rings. The molecule has 4 rings (SSSR count). The number of pyridine rings is 1. The van der Waals surface area contributed by atoms with Crippen LogP contribution in [0.1, 0.15) is 36.7 Å². The molecule has 0 radical (unpaired) electrons. The molecule has 0 saturated carbocycles. The zero-order chi connectivity index (χ0) is 20.6. The largest absolute Gasteiger partial charge is 0.365 e. The summed E-state index contributed by atoms with van der Waals surface area (Å²) >= 11 is 0. The van der Waals surface area contributed by atoms with Crippen LogP contribution in [0.5, 0.6) is 0 Å². The van der Waals surface area contributed by atoms with Crippen molar-refractivity contribution in [2.45, 2.75) is 26.2 Å². The van der Waals surface area contributed by atoms with E-state index in [1.54, 1.807) is 24.5 Å². The lowest BCUT2D eigenvalue weighted by Crippen LogP contribution is -2.20. The highest BCUT2D eigenvalue weighted by molar-refractivity contribution is 6.00. The first-order chi connectivity index (χ1) is 13.8. The zero-order valence-electron chi connectivity index (χ0n) is 16.7. The van der Waals surface area contributed by atoms with E-state index in [9.17, 15) is 4.79 Å². The molecule has 0 bridgehead atoms. The number of fused-ring (bicyclic) bond motifs is 1. The van der Waals surface area contributed by atoms with E-state index in [0.717, 1.165) is 22.3 Å². The summed E-state index contributed by atoms with van der Waals surface area (Å²) in [7, 11) is 0. The molecule has 146 valence electrons. The highest BCUT2D eigenvalue weighted by Crippen LogP contribution is 2.37. The zero-order valence-corrected chi connectivity index (χ0v) is 16.7. The number of nitrogens with one attached hydrogen (secondary N) is 1. The molecular weight excluding hydrogens is 362 g/mol. The first kappa shape index (κ1) is 18.7. The summed E-state index contributed by atoms with van der Waals surface area (Å²) in [5.74, 6) is -0.0330. The molecule has 2 aromatic carbocycles. The lowest BCUT2D eigenvalue weighted by Gasteiger charge is -2.27. The van der Waals surface area contributed by atoms with E-state index in [2.05, 4.69) is 48.1 Å². The third kappa shape index (κ3) is 3.57. The highest BCUT2D eigenvalue weighted by Gasteiger charge is 2.21. The van der Waals surface area contributed by atoms with Gasteiger partial charge in [-0.05, 0) is 53.4 Å². The van der Waals surface area contributed by atoms with Crippen molar-refractivity contribution in [1.29, 1.82) is 0 Å². The first-order valence-corrected chi connectivity index (χ1v) is 9.43. The minimum absolute atomic E-state index is 0.0432. The number of primary amides is 1. The van der Waals surface area contributed by atoms with Gasteiger partial charge in [0.2, 0.25) is 0 Å². The van der Waals surface area contributed by atoms with Gasteiger partial charge in [-0.2, -0.15) is 5.10 Å². The number of hydrogen-bond acceptors (Lipinski definition) is 4. The number of nitrogens with zero attached hydrogens (tertiary/aromatic N) is 3. The Morgan fingerprint density at radius 2 is 1.76 bits per heavy atom. The predicted octanol–water partition coefficient (Wildman–Crippen LogP) is 4.82. The van der Waals surface area contributed by atoms with E-state index in [4.69, 9.17) is 5.73 Å². The molecule has 0 unspecified atom stereocenters. The first-order valence-electron chi connectivity index (χ1n) is 9.43. The minimum atomic E-state index is -0.521. The summed E-state index contributed by atoms with van der Waals surface area (Å²) in [5, 5.41) is 8.10. The van der Waals surface area contributed by atoms with Crippen molar-refractivity contribution < 1.29 is 4.79 Å². The summed E-state index contributed by atoms with van der Waals surface area (Å²) in [4.78, 5) is 18.5. The topological polar surface area (TPSA) is 87.9 Å². The molecule has 6 heteroatoms. The summed E-state index contributed by atoms with van der Waals surface area (Å²) < 4.78 is 0. The summed E-state index contributed by atoms with van der Waals surface area (Å²) in [6.07, 6.45) is 3.43. The fourth-order valence-corrected chi connectivity index (χ4v) is 3.34. The van der Waals surface area contributed by atoms with Crippen LogP contribution in [0.25, 0.3) is 10.9 Å². The molecule has 3 N–H and O–H groups in total. The molecule has 1 amide bonds. The number of aromatic nitrogens is 3. The van der Waals surface area contributed by atoms with Crippen LogP contribution in [0.3, 0.4) is 0 Å². The number of aromatic amines is 1. The van der Waals surface area contributed by atoms with Crippen LogP contribution in [0.2, 0.25) is 0 Å². The predicted molar refractivity (Wildman–Crippen MR) is 116 cm³/mol. The van der Waals surface area contributed by atoms with Crippen molar-refractivity contribution >= 4 is 34.0 Å². The van der Waals surface area contributed by atoms with Gasteiger partial charge in [0.15, 0.2) is 0 Å². The number of hydrogen-bond donors (Lipinski definition) is 2. The Hall–Kier alpha value is -3.67. The third-order valence-corrected chi connectivity index (χ3v) is 4.94. The van der Waals surface area contributed by atoms with E-state index in [1.165, 1.54) is 5.56 Å². The second kappa shape index (κ2) is 7.05. The molecule has 29 heavy (non-hydrogen) atoms. The van der Waals surface area contributed by atoms with Crippen LogP contribution in [0, 0.1) is 0 Å². The summed E-state index contributed by atoms with van der Waals surface area (Å²) in [5.41, 5.74) is 9.91. The second-order valence-electron chi connectivity index (χ2n) is 8.01. The maximum atomic E-state index is 12.1. The van der Waals surface area contributed by atoms with Crippen LogP contribution in [-0.4, -0.2) is 21.1 Å². The molecule has 2 heterocycles. The van der Waals surface area contributed by atoms with Gasteiger partial charge in [0, 0.05) is 23.0 Å². The normalized spacial score (nSPS) is 11.6. The van der Waals surface area contributed by atoms with Crippen molar-refractivity contribution in [1.82, 2.24) is 15.2 Å². The molecule has 2 aromatic heterocycles. The fraction of sp³-hybridized carbons (Fsp3) is 0.174. The Morgan fingerprint density at radius 3 is 2.45 bits per heavy atom. The van der Waals surface area contributed by atoms with E-state index >= 15 is 0 Å². The van der Waals surface area contributed by atoms with Gasteiger partial charge in [-0.1, -0.05) is 32.9 Å². The average Bonchev–Trinajstić information content (AvgIpc) is 3.16. The molecule has 0 aliphatic carbocycles. The summed E-state index contributed by atoms with van der Waals surface area (Å²) in [6.45, 7) is 6.53. The van der Waals surface area contributed by atoms with Crippen molar-refractivity contribution in [2.75, 3.05) is 4.90 Å². The monoisotopic (exact) mass is 385 g/mol. The molecule has 0 aliphatic heterocycles. The Bertz CT molecular complexity index is 1170. The number of anilines is 3. The van der Waals surface area contributed by atoms with Crippen molar-refractivity contribution in [3.63, 3.8) is 0 Å². The maximum absolute atomic E-state index is 12.1. The van der Waals surface area contributed by atoms with Gasteiger partial charge in [0.1, 0.15) is 5.82 Å². The quantitative estimate of drug-likeness (QED) is 0.527. The van der Waals surface area contributed by atoms with Crippen LogP contribution in [0.15, 0.2) is 67.0 Å². The summed E-state index contributed by atoms with van der Waals surface area (Å²) in [6, 6.07) is 17.6. The number of amides is 1. The number of carbonyl (C=O) groups excluding carboxylic acids is 1. The Kier molecular flexibility index (Phi) is 4.54. The van der Waals surface area contributed by atoms with Gasteiger partial charge in [0.05, 0.1) is 17.3 Å². The van der Waals surface area contributed by atoms with Crippen LogP contribution >= 0.6 is 0 Å². The molecule has 6 nitrogen and oxygen atoms in total. The van der Waals surface area contributed by atoms with Crippen molar-refractivity contribution in [2.24, 2.45) is 5.73 Å². The number of benzene rings is 2. The Labute approximate surface area is 169 Å². The number of carbonyl (C=O) groups is 1. The molecule has 0 fully saturated rings. The SMILES string of the molecule is CC(C)(C)c1ccc(N(c2ccc3cn[nH]c3c2)c2ncccc2C(N)=O)cc1. The van der Waals surface area contributed by atoms with Crippen LogP contribution in [0.4, 0.5) is 17.2 Å². The third-order valence-electron chi connectivity index (χ3n) is 4.94. The fourth-order valence-electron chi connectivity index (χ4n) is 3.34. The number of H-pyrrole nitrogens is 1. The number of rotatable bonds is 4. The molecule has 4 aromatic rings. The van der Waals surface area contributed by atoms with Gasteiger partial charge in [-0.15, -0.1) is 0 Å². The van der Waals surface area contributed by atoms with Crippen molar-refractivity contribution in [3.05, 3.63) is 78.1 Å². The highest BCUT2D eigenvalue weighted by atomic mass is 16.1. The van der Waals surface area contributed by atoms with Crippen LogP contribution in [-0.2, 0) is 5.41 Å². The molecular formula is C23H23N5O. The van der Waals surface area contributed by atoms with Gasteiger partial charge in [0.25, 0.3) is 5.91 Å². The second-order valence-corrected chi connectivity index (χ2v) is 8.01. The van der Waals surface area contributed by atoms with Gasteiger partial charge in [-0.25, -0.2) is 4.98 Å². The number of nitrogens with two attached hydrogens (primary N) is 1. The van der Waals surface area contributed by atoms with Crippen LogP contribution < -0.4 is 10.6 Å². The lowest BCUT2D eigenvalue weighted by atomic mass is 9.87. The Balaban J connectivity index is 1.91. The molecule has 0 spiro atoms. The maximum Gasteiger partial charge on any atom is 0.252 e. The van der Waals surface area contributed by atoms with Gasteiger partial charge >= 0.3 is 0 Å². The smallest absolute Gasteiger partial charge is 0.252 e. The minimum Gasteiger partial charge on any atom is -0.365 e. The van der Waals surface area contributed by atoms with Gasteiger partial charge in [-0.3, -0.25) is 14.8 Å². The molecule has 0 atom stereocenters. The van der Waals surface area contributed by atoms with Gasteiger partial charge < -0.3 is 5.73 Å². The average molecular weight is 385 g/mol. The van der Waals surface area contributed by atoms with E-state index in [1.807, 2.05) is 35.2 Å². The van der Waals surface area contributed by atoms with E-state index < -0.39 is 5.91 Å². The van der Waals surface area contributed by atoms with Crippen molar-refractivity contribution in [3.8, 4) is 0 Å². The van der Waals surface area contributed by atoms with E-state index in [-0.39, 0.29) is 5.41 Å². The molecule has 0 saturated heterocycles.